The monoisotopic (exact) mass is 385 g/mol. The topological polar surface area (TPSA) is 52.6 Å². The van der Waals surface area contributed by atoms with E-state index in [1.807, 2.05) is 43.5 Å². The number of aromatic nitrogens is 1. The molecule has 6 heteroatoms. The van der Waals surface area contributed by atoms with E-state index in [-0.39, 0.29) is 0 Å². The molecule has 1 aliphatic heterocycles. The first kappa shape index (κ1) is 19.8. The second kappa shape index (κ2) is 9.85. The molecule has 27 heavy (non-hydrogen) atoms. The highest BCUT2D eigenvalue weighted by molar-refractivity contribution is 7.10. The Kier molecular flexibility index (Phi) is 7.24. The molecular weight excluding hydrogens is 354 g/mol. The molecule has 0 aliphatic carbocycles. The molecular formula is C21H31N5S. The molecule has 3 heterocycles. The molecule has 1 fully saturated rings. The van der Waals surface area contributed by atoms with Crippen LogP contribution in [0.1, 0.15) is 42.1 Å². The number of pyridine rings is 1. The lowest BCUT2D eigenvalue weighted by molar-refractivity contribution is 0.140. The first-order valence-corrected chi connectivity index (χ1v) is 10.7. The molecule has 0 radical (unpaired) electrons. The highest BCUT2D eigenvalue weighted by atomic mass is 32.1. The van der Waals surface area contributed by atoms with Gasteiger partial charge in [0.15, 0.2) is 5.96 Å². The number of rotatable bonds is 6. The van der Waals surface area contributed by atoms with Crippen LogP contribution in [0.5, 0.6) is 0 Å². The van der Waals surface area contributed by atoms with Crippen LogP contribution < -0.4 is 10.6 Å². The Morgan fingerprint density at radius 1 is 1.26 bits per heavy atom. The second-order valence-electron chi connectivity index (χ2n) is 7.33. The fourth-order valence-electron chi connectivity index (χ4n) is 3.52. The van der Waals surface area contributed by atoms with Gasteiger partial charge in [-0.2, -0.15) is 0 Å². The standard InChI is InChI=1S/C21H31N5S/c1-16-9-11-26(12-10-16)19(20-8-5-13-27-20)15-24-21(22-3)23-14-18-7-4-6-17(2)25-18/h4-8,13,16,19H,9-12,14-15H2,1-3H3,(H2,22,23,24). The Hall–Kier alpha value is -1.92. The highest BCUT2D eigenvalue weighted by Crippen LogP contribution is 2.29. The summed E-state index contributed by atoms with van der Waals surface area (Å²) >= 11 is 1.84. The summed E-state index contributed by atoms with van der Waals surface area (Å²) < 4.78 is 0. The Bertz CT molecular complexity index is 720. The molecule has 146 valence electrons. The molecule has 3 rings (SSSR count). The van der Waals surface area contributed by atoms with Crippen LogP contribution >= 0.6 is 11.3 Å². The maximum atomic E-state index is 4.54. The Morgan fingerprint density at radius 3 is 2.74 bits per heavy atom. The van der Waals surface area contributed by atoms with Gasteiger partial charge in [-0.25, -0.2) is 0 Å². The quantitative estimate of drug-likeness (QED) is 0.589. The number of aryl methyl sites for hydroxylation is 1. The Balaban J connectivity index is 1.58. The van der Waals surface area contributed by atoms with E-state index in [4.69, 9.17) is 0 Å². The molecule has 1 aliphatic rings. The van der Waals surface area contributed by atoms with Crippen molar-refractivity contribution in [2.24, 2.45) is 10.9 Å². The molecule has 0 bridgehead atoms. The van der Waals surface area contributed by atoms with E-state index in [0.717, 1.165) is 29.8 Å². The summed E-state index contributed by atoms with van der Waals surface area (Å²) in [5.74, 6) is 1.67. The summed E-state index contributed by atoms with van der Waals surface area (Å²) in [6.07, 6.45) is 2.57. The van der Waals surface area contributed by atoms with Crippen molar-refractivity contribution in [2.75, 3.05) is 26.7 Å². The van der Waals surface area contributed by atoms with Crippen molar-refractivity contribution in [3.8, 4) is 0 Å². The van der Waals surface area contributed by atoms with E-state index in [9.17, 15) is 0 Å². The number of thiophene rings is 1. The van der Waals surface area contributed by atoms with Gasteiger partial charge in [-0.3, -0.25) is 14.9 Å². The minimum absolute atomic E-state index is 0.396. The van der Waals surface area contributed by atoms with Crippen LogP contribution in [0.3, 0.4) is 0 Å². The molecule has 1 unspecified atom stereocenters. The number of hydrogen-bond acceptors (Lipinski definition) is 4. The van der Waals surface area contributed by atoms with Crippen LogP contribution in [0, 0.1) is 12.8 Å². The van der Waals surface area contributed by atoms with Crippen LogP contribution in [-0.2, 0) is 6.54 Å². The van der Waals surface area contributed by atoms with E-state index in [0.29, 0.717) is 12.6 Å². The first-order valence-electron chi connectivity index (χ1n) is 9.80. The third-order valence-corrected chi connectivity index (χ3v) is 6.17. The normalized spacial score (nSPS) is 17.7. The minimum Gasteiger partial charge on any atom is -0.354 e. The lowest BCUT2D eigenvalue weighted by Crippen LogP contribution is -2.44. The van der Waals surface area contributed by atoms with E-state index in [1.54, 1.807) is 0 Å². The largest absolute Gasteiger partial charge is 0.354 e. The molecule has 2 aromatic heterocycles. The molecule has 1 saturated heterocycles. The number of nitrogens with zero attached hydrogens (tertiary/aromatic N) is 3. The predicted molar refractivity (Wildman–Crippen MR) is 114 cm³/mol. The van der Waals surface area contributed by atoms with Gasteiger partial charge in [-0.15, -0.1) is 11.3 Å². The highest BCUT2D eigenvalue weighted by Gasteiger charge is 2.25. The van der Waals surface area contributed by atoms with Crippen molar-refractivity contribution < 1.29 is 0 Å². The van der Waals surface area contributed by atoms with Gasteiger partial charge in [0.2, 0.25) is 0 Å². The van der Waals surface area contributed by atoms with Crippen molar-refractivity contribution in [3.63, 3.8) is 0 Å². The second-order valence-corrected chi connectivity index (χ2v) is 8.31. The minimum atomic E-state index is 0.396. The third-order valence-electron chi connectivity index (χ3n) is 5.20. The zero-order chi connectivity index (χ0) is 19.1. The fourth-order valence-corrected chi connectivity index (χ4v) is 4.38. The van der Waals surface area contributed by atoms with Crippen LogP contribution in [0.4, 0.5) is 0 Å². The van der Waals surface area contributed by atoms with E-state index >= 15 is 0 Å². The SMILES string of the molecule is CN=C(NCc1cccc(C)n1)NCC(c1cccs1)N1CCC(C)CC1. The Labute approximate surface area is 166 Å². The number of guanidine groups is 1. The van der Waals surface area contributed by atoms with Gasteiger partial charge in [0.25, 0.3) is 0 Å². The summed E-state index contributed by atoms with van der Waals surface area (Å²) in [5.41, 5.74) is 2.06. The van der Waals surface area contributed by atoms with Gasteiger partial charge in [0, 0.05) is 24.2 Å². The Morgan fingerprint density at radius 2 is 2.07 bits per heavy atom. The molecule has 0 aromatic carbocycles. The zero-order valence-corrected chi connectivity index (χ0v) is 17.4. The number of aliphatic imine (C=N–C) groups is 1. The number of hydrogen-bond donors (Lipinski definition) is 2. The first-order chi connectivity index (χ1) is 13.2. The van der Waals surface area contributed by atoms with Gasteiger partial charge in [-0.05, 0) is 62.4 Å². The summed E-state index contributed by atoms with van der Waals surface area (Å²) in [7, 11) is 1.82. The molecule has 2 aromatic rings. The summed E-state index contributed by atoms with van der Waals surface area (Å²) in [4.78, 5) is 13.0. The van der Waals surface area contributed by atoms with E-state index in [1.165, 1.54) is 30.8 Å². The lowest BCUT2D eigenvalue weighted by Gasteiger charge is -2.36. The van der Waals surface area contributed by atoms with Crippen LogP contribution in [-0.4, -0.2) is 42.5 Å². The van der Waals surface area contributed by atoms with Crippen molar-refractivity contribution >= 4 is 17.3 Å². The maximum absolute atomic E-state index is 4.54. The van der Waals surface area contributed by atoms with Gasteiger partial charge in [0.05, 0.1) is 18.3 Å². The molecule has 0 spiro atoms. The van der Waals surface area contributed by atoms with Gasteiger partial charge in [-0.1, -0.05) is 19.1 Å². The van der Waals surface area contributed by atoms with Gasteiger partial charge < -0.3 is 10.6 Å². The summed E-state index contributed by atoms with van der Waals surface area (Å²) in [6, 6.07) is 10.9. The molecule has 0 amide bonds. The fraction of sp³-hybridized carbons (Fsp3) is 0.524. The van der Waals surface area contributed by atoms with E-state index < -0.39 is 0 Å². The zero-order valence-electron chi connectivity index (χ0n) is 16.6. The summed E-state index contributed by atoms with van der Waals surface area (Å²) in [6.45, 7) is 8.25. The van der Waals surface area contributed by atoms with Crippen molar-refractivity contribution in [1.29, 1.82) is 0 Å². The number of nitrogens with one attached hydrogen (secondary N) is 2. The van der Waals surface area contributed by atoms with Crippen molar-refractivity contribution in [2.45, 2.75) is 39.3 Å². The van der Waals surface area contributed by atoms with E-state index in [2.05, 4.69) is 49.9 Å². The lowest BCUT2D eigenvalue weighted by atomic mass is 9.97. The third kappa shape index (κ3) is 5.78. The maximum Gasteiger partial charge on any atom is 0.191 e. The molecule has 0 saturated carbocycles. The summed E-state index contributed by atoms with van der Waals surface area (Å²) in [5, 5.41) is 9.08. The molecule has 1 atom stereocenters. The average Bonchev–Trinajstić information content (AvgIpc) is 3.20. The van der Waals surface area contributed by atoms with Crippen molar-refractivity contribution in [1.82, 2.24) is 20.5 Å². The van der Waals surface area contributed by atoms with Gasteiger partial charge in [0.1, 0.15) is 0 Å². The van der Waals surface area contributed by atoms with Crippen LogP contribution in [0.2, 0.25) is 0 Å². The van der Waals surface area contributed by atoms with Crippen LogP contribution in [0.15, 0.2) is 40.7 Å². The molecule has 5 nitrogen and oxygen atoms in total. The predicted octanol–water partition coefficient (Wildman–Crippen LogP) is 3.59. The van der Waals surface area contributed by atoms with Gasteiger partial charge >= 0.3 is 0 Å². The number of likely N-dealkylation sites (tertiary alicyclic amines) is 1. The smallest absolute Gasteiger partial charge is 0.191 e. The number of piperidine rings is 1. The van der Waals surface area contributed by atoms with Crippen LogP contribution in [0.25, 0.3) is 0 Å². The van der Waals surface area contributed by atoms with Crippen molar-refractivity contribution in [3.05, 3.63) is 52.0 Å². The molecule has 2 N–H and O–H groups in total. The average molecular weight is 386 g/mol.